The predicted molar refractivity (Wildman–Crippen MR) is 138 cm³/mol. The summed E-state index contributed by atoms with van der Waals surface area (Å²) in [4.78, 5) is 48.8. The zero-order valence-electron chi connectivity index (χ0n) is 22.1. The van der Waals surface area contributed by atoms with Gasteiger partial charge in [0.1, 0.15) is 17.7 Å². The van der Waals surface area contributed by atoms with Gasteiger partial charge in [-0.15, -0.1) is 0 Å². The molecule has 200 valence electrons. The van der Waals surface area contributed by atoms with Gasteiger partial charge in [-0.1, -0.05) is 23.8 Å². The summed E-state index contributed by atoms with van der Waals surface area (Å²) >= 11 is 0. The van der Waals surface area contributed by atoms with E-state index in [4.69, 9.17) is 11.3 Å². The van der Waals surface area contributed by atoms with Crippen molar-refractivity contribution in [2.24, 2.45) is 0 Å². The molecule has 5 rings (SSSR count). The van der Waals surface area contributed by atoms with Gasteiger partial charge < -0.3 is 19.9 Å². The van der Waals surface area contributed by atoms with Crippen LogP contribution in [0.2, 0.25) is 0 Å². The van der Waals surface area contributed by atoms with Crippen LogP contribution in [0.25, 0.3) is 4.85 Å². The highest BCUT2D eigenvalue weighted by atomic mass is 16.6. The average molecular weight is 519 g/mol. The third kappa shape index (κ3) is 4.81. The van der Waals surface area contributed by atoms with E-state index in [1.54, 1.807) is 20.8 Å². The second-order valence-corrected chi connectivity index (χ2v) is 11.7. The van der Waals surface area contributed by atoms with Gasteiger partial charge in [0, 0.05) is 25.7 Å². The number of hydrogen-bond acceptors (Lipinski definition) is 6. The van der Waals surface area contributed by atoms with Gasteiger partial charge in [0.15, 0.2) is 5.69 Å². The molecule has 3 heterocycles. The molecule has 1 aliphatic carbocycles. The Balaban J connectivity index is 1.31. The van der Waals surface area contributed by atoms with Gasteiger partial charge in [0.05, 0.1) is 24.7 Å². The Morgan fingerprint density at radius 3 is 2.76 bits per heavy atom. The molecule has 38 heavy (non-hydrogen) atoms. The van der Waals surface area contributed by atoms with Crippen LogP contribution in [0.4, 0.5) is 10.5 Å². The van der Waals surface area contributed by atoms with E-state index in [0.29, 0.717) is 31.6 Å². The maximum atomic E-state index is 13.6. The summed E-state index contributed by atoms with van der Waals surface area (Å²) in [5.74, 6) is -0.264. The predicted octanol–water partition coefficient (Wildman–Crippen LogP) is 2.92. The molecule has 2 bridgehead atoms. The van der Waals surface area contributed by atoms with E-state index < -0.39 is 23.8 Å². The molecule has 10 nitrogen and oxygen atoms in total. The van der Waals surface area contributed by atoms with E-state index in [9.17, 15) is 19.6 Å². The second-order valence-electron chi connectivity index (χ2n) is 11.7. The first-order valence-corrected chi connectivity index (χ1v) is 13.4. The minimum atomic E-state index is -0.918. The normalized spacial score (nSPS) is 27.1. The van der Waals surface area contributed by atoms with Crippen LogP contribution >= 0.6 is 0 Å². The number of hydrogen-bond donors (Lipinski definition) is 1. The topological polar surface area (TPSA) is 110 Å². The van der Waals surface area contributed by atoms with Crippen LogP contribution in [0.5, 0.6) is 0 Å². The monoisotopic (exact) mass is 518 g/mol. The molecule has 0 saturated carbocycles. The van der Waals surface area contributed by atoms with E-state index in [0.717, 1.165) is 30.4 Å². The van der Waals surface area contributed by atoms with Crippen molar-refractivity contribution in [1.82, 2.24) is 20.0 Å². The van der Waals surface area contributed by atoms with Crippen LogP contribution in [0.1, 0.15) is 63.6 Å². The van der Waals surface area contributed by atoms with Crippen LogP contribution in [0.15, 0.2) is 18.2 Å². The van der Waals surface area contributed by atoms with E-state index in [2.05, 4.69) is 16.2 Å². The second kappa shape index (κ2) is 9.92. The maximum Gasteiger partial charge on any atom is 0.408 e. The molecular formula is C28H34N6O4. The first kappa shape index (κ1) is 26.0. The molecule has 0 spiro atoms. The number of likely N-dealkylation sites (tertiary alicyclic amines) is 3. The van der Waals surface area contributed by atoms with Gasteiger partial charge in [-0.3, -0.25) is 14.5 Å². The zero-order chi connectivity index (χ0) is 27.2. The Bertz CT molecular complexity index is 1230. The molecule has 0 radical (unpaired) electrons. The molecule has 3 saturated heterocycles. The molecule has 3 fully saturated rings. The lowest BCUT2D eigenvalue weighted by Gasteiger charge is -2.39. The Morgan fingerprint density at radius 1 is 1.29 bits per heavy atom. The van der Waals surface area contributed by atoms with Crippen molar-refractivity contribution >= 4 is 23.6 Å². The molecule has 0 aromatic heterocycles. The number of amides is 3. The van der Waals surface area contributed by atoms with Crippen molar-refractivity contribution in [3.63, 3.8) is 0 Å². The van der Waals surface area contributed by atoms with Gasteiger partial charge in [0.2, 0.25) is 11.8 Å². The summed E-state index contributed by atoms with van der Waals surface area (Å²) in [5.41, 5.74) is 2.16. The smallest absolute Gasteiger partial charge is 0.408 e. The quantitative estimate of drug-likeness (QED) is 0.600. The first-order valence-electron chi connectivity index (χ1n) is 13.4. The average Bonchev–Trinajstić information content (AvgIpc) is 3.64. The summed E-state index contributed by atoms with van der Waals surface area (Å²) in [5, 5.41) is 12.2. The van der Waals surface area contributed by atoms with Gasteiger partial charge in [-0.2, -0.15) is 5.26 Å². The lowest BCUT2D eigenvalue weighted by molar-refractivity contribution is -0.141. The molecule has 10 heteroatoms. The van der Waals surface area contributed by atoms with Crippen LogP contribution in [-0.4, -0.2) is 82.0 Å². The molecule has 1 aromatic carbocycles. The zero-order valence-corrected chi connectivity index (χ0v) is 22.1. The maximum absolute atomic E-state index is 13.6. The highest BCUT2D eigenvalue weighted by molar-refractivity contribution is 5.88. The van der Waals surface area contributed by atoms with E-state index in [1.807, 2.05) is 28.0 Å². The fourth-order valence-electron chi connectivity index (χ4n) is 6.47. The Kier molecular flexibility index (Phi) is 6.79. The summed E-state index contributed by atoms with van der Waals surface area (Å²) in [6.45, 7) is 13.8. The number of carbonyl (C=O) groups is 3. The molecule has 0 unspecified atom stereocenters. The number of carbonyl (C=O) groups excluding carboxylic acids is 3. The minimum absolute atomic E-state index is 0.00716. The third-order valence-corrected chi connectivity index (χ3v) is 8.04. The molecule has 1 N–H and O–H groups in total. The van der Waals surface area contributed by atoms with E-state index >= 15 is 0 Å². The van der Waals surface area contributed by atoms with Crippen molar-refractivity contribution in [2.45, 2.75) is 88.7 Å². The first-order chi connectivity index (χ1) is 18.1. The van der Waals surface area contributed by atoms with Crippen LogP contribution in [0.3, 0.4) is 0 Å². The molecule has 4 aliphatic rings. The number of nitrogens with zero attached hydrogens (tertiary/aromatic N) is 5. The van der Waals surface area contributed by atoms with Gasteiger partial charge in [0.25, 0.3) is 0 Å². The lowest BCUT2D eigenvalue weighted by Crippen LogP contribution is -2.59. The van der Waals surface area contributed by atoms with Gasteiger partial charge in [-0.05, 0) is 58.4 Å². The number of benzene rings is 1. The fourth-order valence-corrected chi connectivity index (χ4v) is 6.47. The number of piperazine rings is 1. The number of alkyl carbamates (subject to hydrolysis) is 1. The highest BCUT2D eigenvalue weighted by Crippen LogP contribution is 2.44. The molecule has 3 amide bonds. The highest BCUT2D eigenvalue weighted by Gasteiger charge is 2.53. The molecular weight excluding hydrogens is 484 g/mol. The van der Waals surface area contributed by atoms with Crippen LogP contribution in [0, 0.1) is 17.9 Å². The third-order valence-electron chi connectivity index (χ3n) is 8.04. The number of nitrogens with one attached hydrogen (secondary N) is 1. The molecule has 5 atom stereocenters. The van der Waals surface area contributed by atoms with Crippen LogP contribution in [-0.2, 0) is 20.7 Å². The minimum Gasteiger partial charge on any atom is -0.444 e. The van der Waals surface area contributed by atoms with E-state index in [1.165, 1.54) is 4.90 Å². The van der Waals surface area contributed by atoms with Crippen molar-refractivity contribution in [2.75, 3.05) is 19.6 Å². The Morgan fingerprint density at radius 2 is 2.08 bits per heavy atom. The summed E-state index contributed by atoms with van der Waals surface area (Å²) < 4.78 is 5.42. The van der Waals surface area contributed by atoms with E-state index in [-0.39, 0.29) is 36.5 Å². The van der Waals surface area contributed by atoms with Gasteiger partial charge in [-0.25, -0.2) is 9.64 Å². The van der Waals surface area contributed by atoms with Gasteiger partial charge >= 0.3 is 6.09 Å². The summed E-state index contributed by atoms with van der Waals surface area (Å²) in [6, 6.07) is 6.18. The van der Waals surface area contributed by atoms with Crippen molar-refractivity contribution in [3.05, 3.63) is 40.7 Å². The Hall–Kier alpha value is -3.63. The standard InChI is InChI=1S/C28H34N6O4/c1-28(2,3)38-27(37)31-22(25(35)33-11-5-6-19(33)14-29)16-32-15-20-13-24(32)26(36)34(20)23-10-7-17-12-18(30-4)8-9-21(17)23/h8-9,12,19-20,22-24H,5-7,10-11,13,15-16H2,1-3H3,(H,31,37)/t19-,20+,22-,23+,24+/m0/s1. The largest absolute Gasteiger partial charge is 0.444 e. The lowest BCUT2D eigenvalue weighted by atomic mass is 10.0. The molecule has 3 aliphatic heterocycles. The number of fused-ring (bicyclic) bond motifs is 3. The van der Waals surface area contributed by atoms with Crippen LogP contribution < -0.4 is 5.32 Å². The molecule has 1 aromatic rings. The number of nitriles is 1. The summed E-state index contributed by atoms with van der Waals surface area (Å²) in [7, 11) is 0. The number of ether oxygens (including phenoxy) is 1. The van der Waals surface area contributed by atoms with Crippen molar-refractivity contribution in [3.8, 4) is 6.07 Å². The number of aryl methyl sites for hydroxylation is 1. The van der Waals surface area contributed by atoms with Crippen molar-refractivity contribution < 1.29 is 19.1 Å². The fraction of sp³-hybridized carbons (Fsp3) is 0.607. The summed E-state index contributed by atoms with van der Waals surface area (Å²) in [6.07, 6.45) is 3.04. The SMILES string of the molecule is [C-]#[N+]c1ccc2c(c1)CC[C@H]2N1C(=O)[C@H]2C[C@@H]1CN2C[C@H](NC(=O)OC(C)(C)C)C(=O)N1CCC[C@H]1C#N. The number of rotatable bonds is 5. The van der Waals surface area contributed by atoms with Crippen molar-refractivity contribution in [1.29, 1.82) is 5.26 Å². The Labute approximate surface area is 223 Å².